The summed E-state index contributed by atoms with van der Waals surface area (Å²) in [6.07, 6.45) is -3.47. The Kier molecular flexibility index (Phi) is 4.06. The van der Waals surface area contributed by atoms with Crippen LogP contribution >= 0.6 is 0 Å². The Morgan fingerprint density at radius 1 is 1.19 bits per heavy atom. The molecular formula is C15H16F3N3. The summed E-state index contributed by atoms with van der Waals surface area (Å²) in [5.74, 6) is 0. The number of benzene rings is 1. The van der Waals surface area contributed by atoms with Crippen LogP contribution in [0.1, 0.15) is 29.8 Å². The van der Waals surface area contributed by atoms with Crippen LogP contribution in [0.5, 0.6) is 0 Å². The SMILES string of the molecule is Cc1ccc(C(C)Nc2cc(C(F)(F)F)ncc2N)cc1. The fourth-order valence-electron chi connectivity index (χ4n) is 1.92. The second-order valence-electron chi connectivity index (χ2n) is 4.93. The number of aryl methyl sites for hydroxylation is 1. The van der Waals surface area contributed by atoms with Crippen molar-refractivity contribution in [3.63, 3.8) is 0 Å². The van der Waals surface area contributed by atoms with Crippen molar-refractivity contribution in [2.45, 2.75) is 26.1 Å². The third kappa shape index (κ3) is 3.65. The van der Waals surface area contributed by atoms with Crippen molar-refractivity contribution in [3.8, 4) is 0 Å². The molecule has 21 heavy (non-hydrogen) atoms. The van der Waals surface area contributed by atoms with E-state index in [2.05, 4.69) is 10.3 Å². The smallest absolute Gasteiger partial charge is 0.396 e. The molecule has 2 rings (SSSR count). The number of halogens is 3. The molecule has 0 saturated carbocycles. The molecule has 3 nitrogen and oxygen atoms in total. The van der Waals surface area contributed by atoms with Crippen LogP contribution in [0.4, 0.5) is 24.5 Å². The van der Waals surface area contributed by atoms with Crippen molar-refractivity contribution in [1.82, 2.24) is 4.98 Å². The molecule has 0 spiro atoms. The van der Waals surface area contributed by atoms with Gasteiger partial charge in [-0.3, -0.25) is 0 Å². The van der Waals surface area contributed by atoms with Gasteiger partial charge in [-0.05, 0) is 25.5 Å². The molecule has 6 heteroatoms. The molecule has 1 aromatic carbocycles. The molecule has 0 saturated heterocycles. The molecule has 0 radical (unpaired) electrons. The minimum atomic E-state index is -4.49. The van der Waals surface area contributed by atoms with Crippen LogP contribution in [-0.4, -0.2) is 4.98 Å². The van der Waals surface area contributed by atoms with Crippen molar-refractivity contribution < 1.29 is 13.2 Å². The second-order valence-corrected chi connectivity index (χ2v) is 4.93. The highest BCUT2D eigenvalue weighted by Gasteiger charge is 2.33. The average Bonchev–Trinajstić information content (AvgIpc) is 2.40. The molecule has 0 aliphatic rings. The zero-order valence-electron chi connectivity index (χ0n) is 11.7. The topological polar surface area (TPSA) is 50.9 Å². The summed E-state index contributed by atoms with van der Waals surface area (Å²) in [5, 5.41) is 2.99. The summed E-state index contributed by atoms with van der Waals surface area (Å²) in [7, 11) is 0. The molecule has 1 atom stereocenters. The molecule has 0 fully saturated rings. The van der Waals surface area contributed by atoms with Gasteiger partial charge in [0.2, 0.25) is 0 Å². The van der Waals surface area contributed by atoms with Gasteiger partial charge >= 0.3 is 6.18 Å². The Morgan fingerprint density at radius 2 is 1.81 bits per heavy atom. The predicted octanol–water partition coefficient (Wildman–Crippen LogP) is 4.16. The van der Waals surface area contributed by atoms with Gasteiger partial charge < -0.3 is 11.1 Å². The molecule has 1 heterocycles. The number of anilines is 2. The number of nitrogens with zero attached hydrogens (tertiary/aromatic N) is 1. The Morgan fingerprint density at radius 3 is 2.38 bits per heavy atom. The van der Waals surface area contributed by atoms with Crippen LogP contribution in [0.25, 0.3) is 0 Å². The molecular weight excluding hydrogens is 279 g/mol. The lowest BCUT2D eigenvalue weighted by Crippen LogP contribution is -2.12. The average molecular weight is 295 g/mol. The van der Waals surface area contributed by atoms with Gasteiger partial charge in [-0.1, -0.05) is 29.8 Å². The van der Waals surface area contributed by atoms with Crippen LogP contribution < -0.4 is 11.1 Å². The number of nitrogen functional groups attached to an aromatic ring is 1. The maximum absolute atomic E-state index is 12.7. The van der Waals surface area contributed by atoms with Crippen molar-refractivity contribution in [3.05, 3.63) is 53.3 Å². The van der Waals surface area contributed by atoms with Crippen LogP contribution in [0.2, 0.25) is 0 Å². The van der Waals surface area contributed by atoms with E-state index in [1.54, 1.807) is 0 Å². The molecule has 1 unspecified atom stereocenters. The van der Waals surface area contributed by atoms with Gasteiger partial charge in [0.1, 0.15) is 5.69 Å². The molecule has 3 N–H and O–H groups in total. The van der Waals surface area contributed by atoms with E-state index in [4.69, 9.17) is 5.73 Å². The standard InChI is InChI=1S/C15H16F3N3/c1-9-3-5-11(6-4-9)10(2)21-13-7-14(15(16,17)18)20-8-12(13)19/h3-8,10H,19H2,1-2H3,(H,20,21). The number of hydrogen-bond donors (Lipinski definition) is 2. The summed E-state index contributed by atoms with van der Waals surface area (Å²) in [5.41, 5.74) is 7.22. The van der Waals surface area contributed by atoms with Crippen molar-refractivity contribution in [1.29, 1.82) is 0 Å². The Balaban J connectivity index is 2.24. The Labute approximate surface area is 121 Å². The molecule has 1 aromatic heterocycles. The van der Waals surface area contributed by atoms with E-state index in [1.807, 2.05) is 38.1 Å². The quantitative estimate of drug-likeness (QED) is 0.893. The van der Waals surface area contributed by atoms with E-state index in [-0.39, 0.29) is 17.4 Å². The summed E-state index contributed by atoms with van der Waals surface area (Å²) >= 11 is 0. The van der Waals surface area contributed by atoms with Gasteiger partial charge in [-0.15, -0.1) is 0 Å². The van der Waals surface area contributed by atoms with Crippen molar-refractivity contribution in [2.75, 3.05) is 11.1 Å². The number of nitrogens with two attached hydrogens (primary N) is 1. The fourth-order valence-corrected chi connectivity index (χ4v) is 1.92. The maximum atomic E-state index is 12.7. The van der Waals surface area contributed by atoms with Crippen LogP contribution in [0.15, 0.2) is 36.5 Å². The Hall–Kier alpha value is -2.24. The van der Waals surface area contributed by atoms with Gasteiger partial charge in [0.25, 0.3) is 0 Å². The number of rotatable bonds is 3. The first-order valence-electron chi connectivity index (χ1n) is 6.43. The van der Waals surface area contributed by atoms with Gasteiger partial charge in [-0.25, -0.2) is 4.98 Å². The zero-order chi connectivity index (χ0) is 15.6. The molecule has 0 aliphatic heterocycles. The largest absolute Gasteiger partial charge is 0.433 e. The highest BCUT2D eigenvalue weighted by Crippen LogP contribution is 2.32. The van der Waals surface area contributed by atoms with E-state index >= 15 is 0 Å². The summed E-state index contributed by atoms with van der Waals surface area (Å²) < 4.78 is 38.0. The van der Waals surface area contributed by atoms with Gasteiger partial charge in [0.05, 0.1) is 17.6 Å². The highest BCUT2D eigenvalue weighted by molar-refractivity contribution is 5.66. The first kappa shape index (κ1) is 15.2. The third-order valence-electron chi connectivity index (χ3n) is 3.17. The molecule has 112 valence electrons. The predicted molar refractivity (Wildman–Crippen MR) is 76.9 cm³/mol. The van der Waals surface area contributed by atoms with Gasteiger partial charge in [0, 0.05) is 6.04 Å². The number of nitrogens with one attached hydrogen (secondary N) is 1. The molecule has 0 bridgehead atoms. The minimum absolute atomic E-state index is 0.170. The summed E-state index contributed by atoms with van der Waals surface area (Å²) in [4.78, 5) is 3.31. The number of hydrogen-bond acceptors (Lipinski definition) is 3. The lowest BCUT2D eigenvalue weighted by Gasteiger charge is -2.18. The normalized spacial score (nSPS) is 13.0. The van der Waals surface area contributed by atoms with E-state index in [1.165, 1.54) is 0 Å². The van der Waals surface area contributed by atoms with Crippen molar-refractivity contribution in [2.24, 2.45) is 0 Å². The monoisotopic (exact) mass is 295 g/mol. The number of alkyl halides is 3. The zero-order valence-corrected chi connectivity index (χ0v) is 11.7. The first-order chi connectivity index (χ1) is 9.77. The first-order valence-corrected chi connectivity index (χ1v) is 6.43. The maximum Gasteiger partial charge on any atom is 0.433 e. The van der Waals surface area contributed by atoms with Crippen molar-refractivity contribution >= 4 is 11.4 Å². The Bertz CT molecular complexity index is 621. The lowest BCUT2D eigenvalue weighted by atomic mass is 10.1. The van der Waals surface area contributed by atoms with E-state index in [0.717, 1.165) is 23.4 Å². The molecule has 2 aromatic rings. The van der Waals surface area contributed by atoms with E-state index in [0.29, 0.717) is 0 Å². The van der Waals surface area contributed by atoms with Crippen LogP contribution in [-0.2, 0) is 6.18 Å². The highest BCUT2D eigenvalue weighted by atomic mass is 19.4. The number of pyridine rings is 1. The second kappa shape index (κ2) is 5.63. The van der Waals surface area contributed by atoms with E-state index in [9.17, 15) is 13.2 Å². The fraction of sp³-hybridized carbons (Fsp3) is 0.267. The molecule has 0 amide bonds. The minimum Gasteiger partial charge on any atom is -0.396 e. The van der Waals surface area contributed by atoms with E-state index < -0.39 is 11.9 Å². The third-order valence-corrected chi connectivity index (χ3v) is 3.17. The van der Waals surface area contributed by atoms with Gasteiger partial charge in [-0.2, -0.15) is 13.2 Å². The van der Waals surface area contributed by atoms with Crippen LogP contribution in [0.3, 0.4) is 0 Å². The van der Waals surface area contributed by atoms with Gasteiger partial charge in [0.15, 0.2) is 0 Å². The molecule has 0 aliphatic carbocycles. The number of aromatic nitrogens is 1. The summed E-state index contributed by atoms with van der Waals surface area (Å²) in [6, 6.07) is 8.51. The van der Waals surface area contributed by atoms with Crippen LogP contribution in [0, 0.1) is 6.92 Å². The lowest BCUT2D eigenvalue weighted by molar-refractivity contribution is -0.141. The summed E-state index contributed by atoms with van der Waals surface area (Å²) in [6.45, 7) is 3.83.